The summed E-state index contributed by atoms with van der Waals surface area (Å²) in [7, 11) is 0. The first-order valence-corrected chi connectivity index (χ1v) is 7.82. The summed E-state index contributed by atoms with van der Waals surface area (Å²) in [6.45, 7) is 1.31. The molecule has 1 saturated heterocycles. The van der Waals surface area contributed by atoms with Crippen LogP contribution >= 0.6 is 22.7 Å². The van der Waals surface area contributed by atoms with Crippen LogP contribution < -0.4 is 0 Å². The van der Waals surface area contributed by atoms with E-state index >= 15 is 0 Å². The lowest BCUT2D eigenvalue weighted by Crippen LogP contribution is -2.35. The Morgan fingerprint density at radius 3 is 3.21 bits per heavy atom. The van der Waals surface area contributed by atoms with Gasteiger partial charge in [-0.25, -0.2) is 10.0 Å². The predicted molar refractivity (Wildman–Crippen MR) is 74.7 cm³/mol. The fourth-order valence-corrected chi connectivity index (χ4v) is 3.97. The van der Waals surface area contributed by atoms with Gasteiger partial charge in [0.1, 0.15) is 4.83 Å². The molecule has 0 aliphatic carbocycles. The molecule has 0 N–H and O–H groups in total. The second kappa shape index (κ2) is 4.29. The zero-order valence-electron chi connectivity index (χ0n) is 10.0. The van der Waals surface area contributed by atoms with Gasteiger partial charge in [-0.3, -0.25) is 14.0 Å². The molecule has 4 heterocycles. The molecule has 3 aromatic heterocycles. The summed E-state index contributed by atoms with van der Waals surface area (Å²) >= 11 is 3.03. The van der Waals surface area contributed by atoms with E-state index in [4.69, 9.17) is 4.84 Å². The minimum atomic E-state index is -0.0494. The third-order valence-corrected chi connectivity index (χ3v) is 4.94. The van der Waals surface area contributed by atoms with Crippen molar-refractivity contribution in [1.82, 2.24) is 14.4 Å². The van der Waals surface area contributed by atoms with Crippen LogP contribution in [0.5, 0.6) is 0 Å². The van der Waals surface area contributed by atoms with Crippen molar-refractivity contribution in [1.29, 1.82) is 0 Å². The maximum atomic E-state index is 12.3. The topological polar surface area (TPSA) is 46.8 Å². The van der Waals surface area contributed by atoms with Gasteiger partial charge in [-0.2, -0.15) is 0 Å². The number of hydrogen-bond acceptors (Lipinski definition) is 5. The number of carbonyl (C=O) groups excluding carboxylic acids is 1. The summed E-state index contributed by atoms with van der Waals surface area (Å²) in [5.74, 6) is -0.0494. The fraction of sp³-hybridized carbons (Fsp3) is 0.333. The van der Waals surface area contributed by atoms with Gasteiger partial charge in [0.2, 0.25) is 0 Å². The van der Waals surface area contributed by atoms with Crippen molar-refractivity contribution in [3.8, 4) is 0 Å². The molecule has 1 aliphatic heterocycles. The van der Waals surface area contributed by atoms with Crippen LogP contribution in [0, 0.1) is 0 Å². The average molecular weight is 293 g/mol. The summed E-state index contributed by atoms with van der Waals surface area (Å²) in [4.78, 5) is 24.8. The number of thiazole rings is 1. The molecule has 98 valence electrons. The molecule has 0 spiro atoms. The Balaban J connectivity index is 1.73. The van der Waals surface area contributed by atoms with Crippen molar-refractivity contribution in [2.75, 3.05) is 13.2 Å². The molecule has 0 saturated carbocycles. The maximum absolute atomic E-state index is 12.3. The fourth-order valence-electron chi connectivity index (χ4n) is 2.23. The van der Waals surface area contributed by atoms with Crippen LogP contribution in [0.15, 0.2) is 17.6 Å². The molecular formula is C12H11N3O2S2. The summed E-state index contributed by atoms with van der Waals surface area (Å²) in [6.07, 6.45) is 4.01. The molecule has 5 nitrogen and oxygen atoms in total. The molecule has 19 heavy (non-hydrogen) atoms. The molecule has 0 aromatic carbocycles. The van der Waals surface area contributed by atoms with Gasteiger partial charge in [-0.15, -0.1) is 22.7 Å². The van der Waals surface area contributed by atoms with Crippen LogP contribution in [0.25, 0.3) is 15.3 Å². The SMILES string of the molecule is O=C(c1cc2c(nc3sccn32)s1)N1CCCCO1. The lowest BCUT2D eigenvalue weighted by molar-refractivity contribution is -0.143. The Labute approximate surface area is 117 Å². The van der Waals surface area contributed by atoms with Crippen LogP contribution in [0.3, 0.4) is 0 Å². The first-order chi connectivity index (χ1) is 9.33. The lowest BCUT2D eigenvalue weighted by atomic mass is 10.3. The largest absolute Gasteiger partial charge is 0.289 e. The zero-order valence-corrected chi connectivity index (χ0v) is 11.7. The minimum Gasteiger partial charge on any atom is -0.289 e. The van der Waals surface area contributed by atoms with Gasteiger partial charge in [0.05, 0.1) is 17.0 Å². The van der Waals surface area contributed by atoms with Crippen molar-refractivity contribution in [3.05, 3.63) is 22.5 Å². The maximum Gasteiger partial charge on any atom is 0.287 e. The number of hydrogen-bond donors (Lipinski definition) is 0. The van der Waals surface area contributed by atoms with Gasteiger partial charge in [0, 0.05) is 18.1 Å². The average Bonchev–Trinajstić information content (AvgIpc) is 3.10. The van der Waals surface area contributed by atoms with E-state index in [1.807, 2.05) is 22.0 Å². The van der Waals surface area contributed by atoms with Gasteiger partial charge >= 0.3 is 0 Å². The summed E-state index contributed by atoms with van der Waals surface area (Å²) in [5, 5.41) is 3.47. The molecule has 3 aromatic rings. The Bertz CT molecular complexity index is 751. The molecule has 0 radical (unpaired) electrons. The van der Waals surface area contributed by atoms with Crippen LogP contribution in [-0.2, 0) is 4.84 Å². The molecule has 7 heteroatoms. The number of thiophene rings is 1. The Kier molecular flexibility index (Phi) is 2.57. The number of carbonyl (C=O) groups is 1. The van der Waals surface area contributed by atoms with Crippen molar-refractivity contribution < 1.29 is 9.63 Å². The van der Waals surface area contributed by atoms with E-state index in [9.17, 15) is 4.79 Å². The van der Waals surface area contributed by atoms with E-state index in [0.29, 0.717) is 18.0 Å². The van der Waals surface area contributed by atoms with Crippen LogP contribution in [0.4, 0.5) is 0 Å². The van der Waals surface area contributed by atoms with Crippen molar-refractivity contribution in [2.24, 2.45) is 0 Å². The van der Waals surface area contributed by atoms with Gasteiger partial charge in [-0.1, -0.05) is 0 Å². The molecular weight excluding hydrogens is 282 g/mol. The van der Waals surface area contributed by atoms with E-state index in [0.717, 1.165) is 28.1 Å². The van der Waals surface area contributed by atoms with E-state index < -0.39 is 0 Å². The standard InChI is InChI=1S/C12H11N3O2S2/c16-11(15-3-1-2-5-17-15)9-7-8-10(19-9)13-12-14(8)4-6-18-12/h4,6-7H,1-3,5H2. The molecule has 4 rings (SSSR count). The highest BCUT2D eigenvalue weighted by Crippen LogP contribution is 2.29. The van der Waals surface area contributed by atoms with Crippen molar-refractivity contribution in [3.63, 3.8) is 0 Å². The molecule has 1 amide bonds. The molecule has 0 atom stereocenters. The zero-order chi connectivity index (χ0) is 12.8. The van der Waals surface area contributed by atoms with E-state index in [1.165, 1.54) is 16.4 Å². The molecule has 0 unspecified atom stereocenters. The molecule has 1 aliphatic rings. The third kappa shape index (κ3) is 1.77. The number of fused-ring (bicyclic) bond motifs is 3. The monoisotopic (exact) mass is 293 g/mol. The van der Waals surface area contributed by atoms with Gasteiger partial charge in [0.15, 0.2) is 4.96 Å². The Morgan fingerprint density at radius 2 is 2.37 bits per heavy atom. The minimum absolute atomic E-state index is 0.0494. The third-order valence-electron chi connectivity index (χ3n) is 3.18. The summed E-state index contributed by atoms with van der Waals surface area (Å²) in [5.41, 5.74) is 1.00. The predicted octanol–water partition coefficient (Wildman–Crippen LogP) is 2.78. The van der Waals surface area contributed by atoms with Crippen LogP contribution in [0.2, 0.25) is 0 Å². The van der Waals surface area contributed by atoms with Gasteiger partial charge in [0.25, 0.3) is 5.91 Å². The second-order valence-electron chi connectivity index (χ2n) is 4.42. The van der Waals surface area contributed by atoms with Gasteiger partial charge < -0.3 is 0 Å². The van der Waals surface area contributed by atoms with Crippen LogP contribution in [0.1, 0.15) is 22.5 Å². The highest BCUT2D eigenvalue weighted by Gasteiger charge is 2.22. The Morgan fingerprint density at radius 1 is 1.42 bits per heavy atom. The number of aromatic nitrogens is 2. The number of imidazole rings is 1. The highest BCUT2D eigenvalue weighted by molar-refractivity contribution is 7.21. The van der Waals surface area contributed by atoms with Crippen molar-refractivity contribution >= 4 is 43.9 Å². The highest BCUT2D eigenvalue weighted by atomic mass is 32.1. The van der Waals surface area contributed by atoms with Crippen molar-refractivity contribution in [2.45, 2.75) is 12.8 Å². The number of amides is 1. The normalized spacial score (nSPS) is 16.5. The first kappa shape index (κ1) is 11.4. The lowest BCUT2D eigenvalue weighted by Gasteiger charge is -2.25. The number of hydroxylamine groups is 2. The first-order valence-electron chi connectivity index (χ1n) is 6.13. The second-order valence-corrected chi connectivity index (χ2v) is 6.32. The number of rotatable bonds is 1. The van der Waals surface area contributed by atoms with Crippen LogP contribution in [-0.4, -0.2) is 33.5 Å². The smallest absolute Gasteiger partial charge is 0.287 e. The quantitative estimate of drug-likeness (QED) is 0.693. The molecule has 1 fully saturated rings. The summed E-state index contributed by atoms with van der Waals surface area (Å²) in [6, 6.07) is 1.91. The van der Waals surface area contributed by atoms with E-state index in [1.54, 1.807) is 11.3 Å². The van der Waals surface area contributed by atoms with E-state index in [-0.39, 0.29) is 5.91 Å². The molecule has 0 bridgehead atoms. The Hall–Kier alpha value is -1.44. The van der Waals surface area contributed by atoms with Gasteiger partial charge in [-0.05, 0) is 18.9 Å². The van der Waals surface area contributed by atoms with E-state index in [2.05, 4.69) is 4.98 Å². The number of nitrogens with zero attached hydrogens (tertiary/aromatic N) is 3. The summed E-state index contributed by atoms with van der Waals surface area (Å²) < 4.78 is 2.02.